The van der Waals surface area contributed by atoms with Crippen LogP contribution in [0.2, 0.25) is 0 Å². The summed E-state index contributed by atoms with van der Waals surface area (Å²) >= 11 is 2.14. The van der Waals surface area contributed by atoms with Crippen molar-refractivity contribution in [1.82, 2.24) is 24.3 Å². The molecule has 0 bridgehead atoms. The van der Waals surface area contributed by atoms with Gasteiger partial charge in [-0.3, -0.25) is 14.5 Å². The van der Waals surface area contributed by atoms with Crippen LogP contribution >= 0.6 is 23.3 Å². The Labute approximate surface area is 211 Å². The summed E-state index contributed by atoms with van der Waals surface area (Å²) in [5.41, 5.74) is 5.58. The van der Waals surface area contributed by atoms with Crippen LogP contribution in [0, 0.1) is 0 Å². The standard InChI is InChI=1S/C19H20FN9O5S2/c20-8-34-25-11(14-24-19(21)36-26-14)15(30)23-12-16(31)29-13(18(32)33)9(7-35-17(12)29)6-27-5-2-10-22-3-1-4-28(10)27/h2,5,12,17H,1,3-4,6-8H2,(H4,21,23,24,26,30,32,33)/p+1/t12-,17-/m1/s1. The molecule has 5 heterocycles. The van der Waals surface area contributed by atoms with E-state index in [4.69, 9.17) is 5.73 Å². The summed E-state index contributed by atoms with van der Waals surface area (Å²) in [5, 5.41) is 18.6. The first kappa shape index (κ1) is 24.0. The molecule has 5 N–H and O–H groups in total. The van der Waals surface area contributed by atoms with E-state index >= 15 is 0 Å². The normalized spacial score (nSPS) is 21.3. The number of amides is 2. The molecule has 1 saturated heterocycles. The Morgan fingerprint density at radius 1 is 1.47 bits per heavy atom. The fourth-order valence-corrected chi connectivity index (χ4v) is 6.03. The largest absolute Gasteiger partial charge is 0.477 e. The lowest BCUT2D eigenvalue weighted by atomic mass is 10.0. The number of aromatic nitrogens is 4. The number of fused-ring (bicyclic) bond motifs is 2. The van der Waals surface area contributed by atoms with E-state index < -0.39 is 41.8 Å². The van der Waals surface area contributed by atoms with Crippen LogP contribution in [0.5, 0.6) is 0 Å². The average Bonchev–Trinajstić information content (AvgIpc) is 3.48. The van der Waals surface area contributed by atoms with Crippen molar-refractivity contribution >= 4 is 57.7 Å². The quantitative estimate of drug-likeness (QED) is 0.142. The lowest BCUT2D eigenvalue weighted by Gasteiger charge is -2.49. The second-order valence-corrected chi connectivity index (χ2v) is 9.84. The second-order valence-electron chi connectivity index (χ2n) is 7.95. The van der Waals surface area contributed by atoms with Gasteiger partial charge in [0.1, 0.15) is 17.1 Å². The van der Waals surface area contributed by atoms with Crippen LogP contribution < -0.4 is 21.0 Å². The molecule has 3 aliphatic heterocycles. The number of hydrogen-bond acceptors (Lipinski definition) is 11. The number of nitrogens with two attached hydrogens (primary N) is 1. The molecule has 2 atom stereocenters. The molecular formula is C19H21FN9O5S2+. The summed E-state index contributed by atoms with van der Waals surface area (Å²) in [5.74, 6) is -1.57. The number of carbonyl (C=O) groups excluding carboxylic acids is 2. The average molecular weight is 539 g/mol. The molecule has 17 heteroatoms. The molecule has 14 nitrogen and oxygen atoms in total. The lowest BCUT2D eigenvalue weighted by molar-refractivity contribution is -0.768. The molecule has 2 amide bonds. The summed E-state index contributed by atoms with van der Waals surface area (Å²) in [6.45, 7) is 0.683. The number of thioether (sulfide) groups is 1. The zero-order chi connectivity index (χ0) is 25.4. The minimum absolute atomic E-state index is 0.0566. The fraction of sp³-hybridized carbons (Fsp3) is 0.421. The highest BCUT2D eigenvalue weighted by molar-refractivity contribution is 8.00. The van der Waals surface area contributed by atoms with E-state index in [1.165, 1.54) is 16.7 Å². The SMILES string of the molecule is Nc1nc(C(=NOCF)C(=O)N[C@@H]2C(=O)N3C(C(=O)O)=C(C[n+]4ccc5n4CCCN5)CS[C@H]23)ns1. The van der Waals surface area contributed by atoms with Crippen molar-refractivity contribution in [2.75, 3.05) is 30.2 Å². The van der Waals surface area contributed by atoms with Crippen LogP contribution in [-0.4, -0.2) is 78.1 Å². The molecule has 3 aliphatic rings. The zero-order valence-electron chi connectivity index (χ0n) is 18.6. The molecule has 0 spiro atoms. The van der Waals surface area contributed by atoms with E-state index in [1.807, 2.05) is 21.6 Å². The van der Waals surface area contributed by atoms with Gasteiger partial charge in [0.2, 0.25) is 11.5 Å². The fourth-order valence-electron chi connectivity index (χ4n) is 4.26. The summed E-state index contributed by atoms with van der Waals surface area (Å²) in [6.07, 6.45) is 2.82. The Hall–Kier alpha value is -3.73. The third-order valence-corrected chi connectivity index (χ3v) is 7.69. The smallest absolute Gasteiger partial charge is 0.352 e. The maximum absolute atomic E-state index is 13.0. The highest BCUT2D eigenvalue weighted by Crippen LogP contribution is 2.40. The Balaban J connectivity index is 1.35. The predicted octanol–water partition coefficient (Wildman–Crippen LogP) is -0.889. The van der Waals surface area contributed by atoms with E-state index in [0.717, 1.165) is 36.9 Å². The van der Waals surface area contributed by atoms with Crippen molar-refractivity contribution in [1.29, 1.82) is 0 Å². The van der Waals surface area contributed by atoms with E-state index in [0.29, 0.717) is 17.9 Å². The number of carboxylic acid groups (broad SMARTS) is 1. The number of anilines is 2. The Morgan fingerprint density at radius 3 is 3.03 bits per heavy atom. The Morgan fingerprint density at radius 2 is 2.31 bits per heavy atom. The zero-order valence-corrected chi connectivity index (χ0v) is 20.2. The summed E-state index contributed by atoms with van der Waals surface area (Å²) in [7, 11) is 0. The number of rotatable bonds is 8. The minimum Gasteiger partial charge on any atom is -0.477 e. The van der Waals surface area contributed by atoms with Crippen molar-refractivity contribution in [2.45, 2.75) is 30.9 Å². The van der Waals surface area contributed by atoms with Crippen LogP contribution in [-0.2, 0) is 32.3 Å². The van der Waals surface area contributed by atoms with Crippen LogP contribution in [0.1, 0.15) is 12.2 Å². The molecular weight excluding hydrogens is 517 g/mol. The van der Waals surface area contributed by atoms with Gasteiger partial charge in [-0.1, -0.05) is 5.16 Å². The number of oxime groups is 1. The van der Waals surface area contributed by atoms with E-state index in [-0.39, 0.29) is 16.7 Å². The number of nitrogens with zero attached hydrogens (tertiary/aromatic N) is 6. The number of nitrogen functional groups attached to an aromatic ring is 1. The van der Waals surface area contributed by atoms with Crippen molar-refractivity contribution in [3.05, 3.63) is 29.4 Å². The van der Waals surface area contributed by atoms with Gasteiger partial charge in [0.25, 0.3) is 18.7 Å². The molecule has 36 heavy (non-hydrogen) atoms. The molecule has 0 aliphatic carbocycles. The maximum Gasteiger partial charge on any atom is 0.352 e. The summed E-state index contributed by atoms with van der Waals surface area (Å²) < 4.78 is 20.3. The third kappa shape index (κ3) is 4.23. The first-order valence-corrected chi connectivity index (χ1v) is 12.6. The highest BCUT2D eigenvalue weighted by Gasteiger charge is 2.55. The maximum atomic E-state index is 13.0. The van der Waals surface area contributed by atoms with Crippen LogP contribution in [0.25, 0.3) is 0 Å². The van der Waals surface area contributed by atoms with E-state index in [2.05, 4.69) is 30.0 Å². The van der Waals surface area contributed by atoms with Crippen molar-refractivity contribution in [3.63, 3.8) is 0 Å². The number of nitrogens with one attached hydrogen (secondary N) is 2. The number of carboxylic acids is 1. The van der Waals surface area contributed by atoms with Gasteiger partial charge in [-0.2, -0.15) is 9.36 Å². The van der Waals surface area contributed by atoms with Gasteiger partial charge in [0.15, 0.2) is 23.7 Å². The first-order chi connectivity index (χ1) is 17.4. The number of alkyl halides is 1. The predicted molar refractivity (Wildman–Crippen MR) is 125 cm³/mol. The third-order valence-electron chi connectivity index (χ3n) is 5.81. The number of β-lactam (4-membered cyclic amide) rings is 1. The summed E-state index contributed by atoms with van der Waals surface area (Å²) in [4.78, 5) is 47.4. The molecule has 1 fully saturated rings. The number of aliphatic carboxylic acids is 1. The van der Waals surface area contributed by atoms with Crippen LogP contribution in [0.15, 0.2) is 28.7 Å². The minimum atomic E-state index is -1.29. The van der Waals surface area contributed by atoms with Gasteiger partial charge >= 0.3 is 5.97 Å². The molecule has 190 valence electrons. The molecule has 0 aromatic carbocycles. The molecule has 5 rings (SSSR count). The van der Waals surface area contributed by atoms with Gasteiger partial charge in [0.05, 0.1) is 12.6 Å². The van der Waals surface area contributed by atoms with E-state index in [1.54, 1.807) is 0 Å². The molecule has 0 saturated carbocycles. The number of hydrogen-bond donors (Lipinski definition) is 4. The second kappa shape index (κ2) is 9.73. The Kier molecular flexibility index (Phi) is 6.48. The van der Waals surface area contributed by atoms with Gasteiger partial charge < -0.3 is 26.3 Å². The number of halogens is 1. The van der Waals surface area contributed by atoms with Gasteiger partial charge in [0, 0.05) is 29.4 Å². The van der Waals surface area contributed by atoms with Crippen LogP contribution in [0.3, 0.4) is 0 Å². The number of carbonyl (C=O) groups is 3. The van der Waals surface area contributed by atoms with Gasteiger partial charge in [-0.25, -0.2) is 9.18 Å². The van der Waals surface area contributed by atoms with Crippen molar-refractivity contribution < 1.29 is 33.4 Å². The summed E-state index contributed by atoms with van der Waals surface area (Å²) in [6, 6.07) is 0.901. The first-order valence-electron chi connectivity index (χ1n) is 10.8. The monoisotopic (exact) mass is 538 g/mol. The van der Waals surface area contributed by atoms with Crippen molar-refractivity contribution in [3.8, 4) is 0 Å². The molecule has 0 radical (unpaired) electrons. The molecule has 2 aromatic rings. The topological polar surface area (TPSA) is 181 Å². The van der Waals surface area contributed by atoms with Crippen molar-refractivity contribution in [2.24, 2.45) is 5.16 Å². The lowest BCUT2D eigenvalue weighted by Crippen LogP contribution is -2.71. The van der Waals surface area contributed by atoms with Gasteiger partial charge in [-0.15, -0.1) is 21.1 Å². The van der Waals surface area contributed by atoms with E-state index in [9.17, 15) is 23.9 Å². The molecule has 0 unspecified atom stereocenters. The molecule has 2 aromatic heterocycles. The highest BCUT2D eigenvalue weighted by atomic mass is 32.2. The van der Waals surface area contributed by atoms with Gasteiger partial charge in [-0.05, 0) is 6.42 Å². The van der Waals surface area contributed by atoms with Crippen LogP contribution in [0.4, 0.5) is 15.3 Å². The Bertz CT molecular complexity index is 1290.